The van der Waals surface area contributed by atoms with E-state index < -0.39 is 0 Å². The third-order valence-electron chi connectivity index (χ3n) is 1.86. The van der Waals surface area contributed by atoms with Crippen LogP contribution in [0.5, 0.6) is 0 Å². The van der Waals surface area contributed by atoms with Crippen molar-refractivity contribution >= 4 is 20.5 Å². The van der Waals surface area contributed by atoms with E-state index in [0.29, 0.717) is 0 Å². The molecule has 1 heterocycles. The zero-order chi connectivity index (χ0) is 7.45. The second-order valence-corrected chi connectivity index (χ2v) is 5.03. The topological polar surface area (TPSA) is 9.23 Å². The molecule has 56 valence electrons. The van der Waals surface area contributed by atoms with Crippen LogP contribution in [0.1, 0.15) is 19.3 Å². The van der Waals surface area contributed by atoms with Crippen LogP contribution in [0.4, 0.5) is 0 Å². The Bertz CT molecular complexity index is 162. The quantitative estimate of drug-likeness (QED) is 0.320. The fraction of sp³-hybridized carbons (Fsp3) is 0.714. The number of hydrogen-bond acceptors (Lipinski definition) is 1. The lowest BCUT2D eigenvalue weighted by Gasteiger charge is -2.28. The molecule has 1 aliphatic heterocycles. The molecule has 10 heavy (non-hydrogen) atoms. The van der Waals surface area contributed by atoms with Crippen LogP contribution in [0.25, 0.3) is 0 Å². The van der Waals surface area contributed by atoms with Gasteiger partial charge in [-0.1, -0.05) is 5.92 Å². The predicted molar refractivity (Wildman–Crippen MR) is 50.2 cm³/mol. The minimum absolute atomic E-state index is 0.0417. The fourth-order valence-electron chi connectivity index (χ4n) is 1.30. The van der Waals surface area contributed by atoms with E-state index in [2.05, 4.69) is 11.5 Å². The average molecular weight is 170 g/mol. The predicted octanol–water partition coefficient (Wildman–Crippen LogP) is -1.43. The Hall–Kier alpha value is -0.0462. The highest BCUT2D eigenvalue weighted by molar-refractivity contribution is 6.24. The summed E-state index contributed by atoms with van der Waals surface area (Å²) in [5.74, 6) is 3.21. The van der Waals surface area contributed by atoms with Crippen LogP contribution in [0.15, 0.2) is 0 Å². The van der Waals surface area contributed by atoms with Crippen LogP contribution in [-0.2, 0) is 4.74 Å². The van der Waals surface area contributed by atoms with Crippen molar-refractivity contribution in [3.8, 4) is 11.5 Å². The molecule has 0 amide bonds. The molecular formula is C7H14OSi2. The highest BCUT2D eigenvalue weighted by atomic mass is 28.1. The minimum Gasteiger partial charge on any atom is -0.367 e. The molecule has 0 bridgehead atoms. The van der Waals surface area contributed by atoms with Gasteiger partial charge >= 0.3 is 0 Å². The third-order valence-corrected chi connectivity index (χ3v) is 3.15. The normalized spacial score (nSPS) is 33.2. The van der Waals surface area contributed by atoms with Gasteiger partial charge in [0.25, 0.3) is 0 Å². The molecular weight excluding hydrogens is 156 g/mol. The highest BCUT2D eigenvalue weighted by Gasteiger charge is 2.24. The first-order valence-corrected chi connectivity index (χ1v) is 5.85. The van der Waals surface area contributed by atoms with E-state index in [4.69, 9.17) is 4.74 Å². The Balaban J connectivity index is 2.53. The fourth-order valence-corrected chi connectivity index (χ4v) is 3.13. The van der Waals surface area contributed by atoms with E-state index >= 15 is 0 Å². The van der Waals surface area contributed by atoms with E-state index in [-0.39, 0.29) is 5.22 Å². The summed E-state index contributed by atoms with van der Waals surface area (Å²) in [5.41, 5.74) is 3.08. The van der Waals surface area contributed by atoms with Gasteiger partial charge in [0.15, 0.2) is 0 Å². The monoisotopic (exact) mass is 170 g/mol. The maximum Gasteiger partial charge on any atom is 0.105 e. The first-order chi connectivity index (χ1) is 4.77. The highest BCUT2D eigenvalue weighted by Crippen LogP contribution is 2.20. The van der Waals surface area contributed by atoms with Crippen LogP contribution < -0.4 is 0 Å². The zero-order valence-corrected chi connectivity index (χ0v) is 10.7. The van der Waals surface area contributed by atoms with Crippen molar-refractivity contribution in [3.05, 3.63) is 0 Å². The molecule has 1 aliphatic rings. The molecule has 0 aromatic rings. The van der Waals surface area contributed by atoms with Gasteiger partial charge in [-0.2, -0.15) is 0 Å². The lowest BCUT2D eigenvalue weighted by molar-refractivity contribution is 0.0219. The molecule has 3 heteroatoms. The van der Waals surface area contributed by atoms with Crippen molar-refractivity contribution in [1.82, 2.24) is 0 Å². The Morgan fingerprint density at radius 1 is 1.40 bits per heavy atom. The molecule has 0 spiro atoms. The van der Waals surface area contributed by atoms with Crippen molar-refractivity contribution in [2.45, 2.75) is 24.5 Å². The summed E-state index contributed by atoms with van der Waals surface area (Å²) < 4.78 is 5.62. The van der Waals surface area contributed by atoms with Crippen molar-refractivity contribution in [3.63, 3.8) is 0 Å². The first kappa shape index (κ1) is 8.05. The number of hydrogen-bond donors (Lipinski definition) is 0. The van der Waals surface area contributed by atoms with Gasteiger partial charge in [0.05, 0.1) is 20.5 Å². The van der Waals surface area contributed by atoms with Crippen LogP contribution in [-0.4, -0.2) is 32.3 Å². The van der Waals surface area contributed by atoms with Crippen molar-refractivity contribution in [2.75, 3.05) is 6.61 Å². The molecule has 0 N–H and O–H groups in total. The summed E-state index contributed by atoms with van der Waals surface area (Å²) in [6, 6.07) is 0. The molecule has 0 aliphatic carbocycles. The Morgan fingerprint density at radius 2 is 2.20 bits per heavy atom. The Labute approximate surface area is 68.4 Å². The van der Waals surface area contributed by atoms with Crippen LogP contribution in [0.3, 0.4) is 0 Å². The maximum absolute atomic E-state index is 5.62. The maximum atomic E-state index is 5.62. The van der Waals surface area contributed by atoms with E-state index in [1.807, 2.05) is 0 Å². The summed E-state index contributed by atoms with van der Waals surface area (Å²) in [7, 11) is 2.05. The van der Waals surface area contributed by atoms with Gasteiger partial charge in [0.2, 0.25) is 0 Å². The smallest absolute Gasteiger partial charge is 0.105 e. The molecule has 1 nitrogen and oxygen atoms in total. The zero-order valence-electron chi connectivity index (χ0n) is 6.74. The Morgan fingerprint density at radius 3 is 2.70 bits per heavy atom. The molecule has 1 rings (SSSR count). The number of ether oxygens (including phenoxy) is 1. The van der Waals surface area contributed by atoms with Crippen molar-refractivity contribution in [1.29, 1.82) is 0 Å². The third kappa shape index (κ3) is 1.98. The SMILES string of the molecule is [SiH3]C#CC1([SiH3])CCCCO1. The van der Waals surface area contributed by atoms with E-state index in [1.165, 1.54) is 19.3 Å². The molecule has 0 aromatic heterocycles. The molecule has 0 radical (unpaired) electrons. The Kier molecular flexibility index (Phi) is 2.72. The van der Waals surface area contributed by atoms with Gasteiger partial charge < -0.3 is 4.74 Å². The lowest BCUT2D eigenvalue weighted by Crippen LogP contribution is -2.35. The van der Waals surface area contributed by atoms with E-state index in [0.717, 1.165) is 27.1 Å². The second kappa shape index (κ2) is 3.38. The number of rotatable bonds is 0. The van der Waals surface area contributed by atoms with Gasteiger partial charge in [-0.3, -0.25) is 0 Å². The second-order valence-electron chi connectivity index (χ2n) is 2.91. The van der Waals surface area contributed by atoms with Crippen LogP contribution >= 0.6 is 0 Å². The molecule has 1 fully saturated rings. The lowest BCUT2D eigenvalue weighted by atomic mass is 10.1. The largest absolute Gasteiger partial charge is 0.367 e. The van der Waals surface area contributed by atoms with Gasteiger partial charge in [-0.25, -0.2) is 0 Å². The summed E-state index contributed by atoms with van der Waals surface area (Å²) in [4.78, 5) is 0. The van der Waals surface area contributed by atoms with Gasteiger partial charge in [0.1, 0.15) is 5.22 Å². The average Bonchev–Trinajstić information content (AvgIpc) is 1.89. The molecule has 1 saturated heterocycles. The minimum atomic E-state index is 0.0417. The standard InChI is InChI=1S/C7H14OSi2/c9-6-4-7(10)3-1-2-5-8-7/h1-3,5H2,9-10H3. The molecule has 0 aromatic carbocycles. The molecule has 1 unspecified atom stereocenters. The van der Waals surface area contributed by atoms with Gasteiger partial charge in [-0.15, -0.1) is 5.54 Å². The summed E-state index contributed by atoms with van der Waals surface area (Å²) in [5, 5.41) is 0.0417. The summed E-state index contributed by atoms with van der Waals surface area (Å²) >= 11 is 0. The molecule has 0 saturated carbocycles. The van der Waals surface area contributed by atoms with Crippen molar-refractivity contribution in [2.24, 2.45) is 0 Å². The van der Waals surface area contributed by atoms with Gasteiger partial charge in [-0.05, 0) is 19.3 Å². The first-order valence-electron chi connectivity index (χ1n) is 3.85. The van der Waals surface area contributed by atoms with Crippen molar-refractivity contribution < 1.29 is 4.74 Å². The van der Waals surface area contributed by atoms with Crippen LogP contribution in [0.2, 0.25) is 0 Å². The summed E-state index contributed by atoms with van der Waals surface area (Å²) in [6.45, 7) is 0.930. The van der Waals surface area contributed by atoms with Crippen LogP contribution in [0, 0.1) is 11.5 Å². The summed E-state index contributed by atoms with van der Waals surface area (Å²) in [6.07, 6.45) is 3.71. The van der Waals surface area contributed by atoms with Gasteiger partial charge in [0, 0.05) is 6.61 Å². The molecule has 1 atom stereocenters. The van der Waals surface area contributed by atoms with E-state index in [1.54, 1.807) is 0 Å². The van der Waals surface area contributed by atoms with E-state index in [9.17, 15) is 0 Å².